The topological polar surface area (TPSA) is 61.4 Å². The van der Waals surface area contributed by atoms with Gasteiger partial charge in [0.15, 0.2) is 0 Å². The number of rotatable bonds is 5. The van der Waals surface area contributed by atoms with E-state index in [-0.39, 0.29) is 23.8 Å². The molecule has 0 aromatic heterocycles. The summed E-state index contributed by atoms with van der Waals surface area (Å²) in [6.45, 7) is 3.25. The number of nitrogens with one attached hydrogen (secondary N) is 2. The maximum absolute atomic E-state index is 12.6. The number of carbonyl (C=O) groups is 2. The fraction of sp³-hybridized carbons (Fsp3) is 0.333. The van der Waals surface area contributed by atoms with Gasteiger partial charge < -0.3 is 10.6 Å². The molecule has 0 radical (unpaired) electrons. The van der Waals surface area contributed by atoms with Crippen LogP contribution in [0.3, 0.4) is 0 Å². The van der Waals surface area contributed by atoms with Gasteiger partial charge in [0, 0.05) is 22.9 Å². The molecule has 1 aliphatic heterocycles. The van der Waals surface area contributed by atoms with Gasteiger partial charge in [-0.1, -0.05) is 35.9 Å². The highest BCUT2D eigenvalue weighted by Gasteiger charge is 2.31. The van der Waals surface area contributed by atoms with Crippen molar-refractivity contribution < 1.29 is 9.59 Å². The molecule has 3 rings (SSSR count). The molecular formula is C21H24ClN3O2. The number of piperidine rings is 1. The summed E-state index contributed by atoms with van der Waals surface area (Å²) in [5.74, 6) is -0.213. The Morgan fingerprint density at radius 2 is 1.81 bits per heavy atom. The van der Waals surface area contributed by atoms with E-state index in [0.29, 0.717) is 17.3 Å². The number of benzene rings is 2. The van der Waals surface area contributed by atoms with E-state index >= 15 is 0 Å². The first-order valence-electron chi connectivity index (χ1n) is 9.19. The van der Waals surface area contributed by atoms with E-state index in [4.69, 9.17) is 11.6 Å². The Bertz CT molecular complexity index is 797. The van der Waals surface area contributed by atoms with Crippen LogP contribution in [0.4, 0.5) is 11.4 Å². The molecule has 0 bridgehead atoms. The number of hydrogen-bond acceptors (Lipinski definition) is 3. The Hall–Kier alpha value is -2.37. The molecule has 2 aromatic carbocycles. The molecule has 1 saturated heterocycles. The smallest absolute Gasteiger partial charge is 0.241 e. The second kappa shape index (κ2) is 9.02. The van der Waals surface area contributed by atoms with E-state index in [0.717, 1.165) is 25.1 Å². The van der Waals surface area contributed by atoms with Crippen LogP contribution in [0.2, 0.25) is 5.02 Å². The molecule has 6 heteroatoms. The zero-order chi connectivity index (χ0) is 19.2. The van der Waals surface area contributed by atoms with Gasteiger partial charge in [-0.2, -0.15) is 0 Å². The van der Waals surface area contributed by atoms with E-state index in [1.807, 2.05) is 43.3 Å². The first-order valence-corrected chi connectivity index (χ1v) is 9.57. The van der Waals surface area contributed by atoms with Crippen molar-refractivity contribution in [2.45, 2.75) is 25.8 Å². The molecule has 5 nitrogen and oxygen atoms in total. The Morgan fingerprint density at radius 3 is 2.56 bits per heavy atom. The number of halogens is 1. The SMILES string of the molecule is C[C@@H](C(=O)Nc1cccc(Cl)c1)N1CCC[C@@H](C(=O)Nc2ccccc2)C1. The molecule has 2 amide bonds. The zero-order valence-electron chi connectivity index (χ0n) is 15.3. The predicted molar refractivity (Wildman–Crippen MR) is 109 cm³/mol. The van der Waals surface area contributed by atoms with Crippen molar-refractivity contribution >= 4 is 34.8 Å². The first-order chi connectivity index (χ1) is 13.0. The van der Waals surface area contributed by atoms with E-state index in [2.05, 4.69) is 15.5 Å². The number of para-hydroxylation sites is 1. The molecule has 2 atom stereocenters. The van der Waals surface area contributed by atoms with Crippen molar-refractivity contribution in [3.63, 3.8) is 0 Å². The van der Waals surface area contributed by atoms with E-state index in [1.54, 1.807) is 18.2 Å². The van der Waals surface area contributed by atoms with E-state index in [9.17, 15) is 9.59 Å². The van der Waals surface area contributed by atoms with Crippen molar-refractivity contribution in [1.82, 2.24) is 4.90 Å². The third kappa shape index (κ3) is 5.31. The van der Waals surface area contributed by atoms with Crippen LogP contribution in [-0.4, -0.2) is 35.8 Å². The van der Waals surface area contributed by atoms with Crippen molar-refractivity contribution in [2.24, 2.45) is 5.92 Å². The number of nitrogens with zero attached hydrogens (tertiary/aromatic N) is 1. The van der Waals surface area contributed by atoms with Crippen LogP contribution in [0.15, 0.2) is 54.6 Å². The summed E-state index contributed by atoms with van der Waals surface area (Å²) in [5, 5.41) is 6.44. The highest BCUT2D eigenvalue weighted by Crippen LogP contribution is 2.22. The normalized spacial score (nSPS) is 18.5. The van der Waals surface area contributed by atoms with Crippen LogP contribution in [0, 0.1) is 5.92 Å². The quantitative estimate of drug-likeness (QED) is 0.817. The molecule has 2 N–H and O–H groups in total. The minimum atomic E-state index is -0.323. The summed E-state index contributed by atoms with van der Waals surface area (Å²) in [4.78, 5) is 27.2. The van der Waals surface area contributed by atoms with Crippen LogP contribution in [0.1, 0.15) is 19.8 Å². The first kappa shape index (κ1) is 19.4. The van der Waals surface area contributed by atoms with Gasteiger partial charge in [-0.3, -0.25) is 14.5 Å². The summed E-state index contributed by atoms with van der Waals surface area (Å²) in [6.07, 6.45) is 1.72. The lowest BCUT2D eigenvalue weighted by molar-refractivity contribution is -0.125. The zero-order valence-corrected chi connectivity index (χ0v) is 16.1. The molecule has 2 aromatic rings. The lowest BCUT2D eigenvalue weighted by Gasteiger charge is -2.35. The van der Waals surface area contributed by atoms with Gasteiger partial charge in [-0.15, -0.1) is 0 Å². The van der Waals surface area contributed by atoms with Gasteiger partial charge in [0.25, 0.3) is 0 Å². The third-order valence-corrected chi connectivity index (χ3v) is 5.12. The highest BCUT2D eigenvalue weighted by molar-refractivity contribution is 6.30. The van der Waals surface area contributed by atoms with Crippen molar-refractivity contribution in [3.8, 4) is 0 Å². The highest BCUT2D eigenvalue weighted by atomic mass is 35.5. The van der Waals surface area contributed by atoms with Gasteiger partial charge >= 0.3 is 0 Å². The Balaban J connectivity index is 1.57. The molecule has 0 aliphatic carbocycles. The van der Waals surface area contributed by atoms with E-state index in [1.165, 1.54) is 0 Å². The van der Waals surface area contributed by atoms with Crippen molar-refractivity contribution in [2.75, 3.05) is 23.7 Å². The fourth-order valence-corrected chi connectivity index (χ4v) is 3.51. The molecule has 0 saturated carbocycles. The second-order valence-corrected chi connectivity index (χ2v) is 7.30. The minimum absolute atomic E-state index is 0.00773. The van der Waals surface area contributed by atoms with Gasteiger partial charge in [0.1, 0.15) is 0 Å². The Kier molecular flexibility index (Phi) is 6.48. The lowest BCUT2D eigenvalue weighted by Crippen LogP contribution is -2.49. The van der Waals surface area contributed by atoms with Crippen LogP contribution in [0.5, 0.6) is 0 Å². The Morgan fingerprint density at radius 1 is 1.07 bits per heavy atom. The average Bonchev–Trinajstić information content (AvgIpc) is 2.68. The van der Waals surface area contributed by atoms with Crippen LogP contribution < -0.4 is 10.6 Å². The molecule has 1 heterocycles. The van der Waals surface area contributed by atoms with Gasteiger partial charge in [0.05, 0.1) is 12.0 Å². The largest absolute Gasteiger partial charge is 0.326 e. The van der Waals surface area contributed by atoms with Gasteiger partial charge in [-0.25, -0.2) is 0 Å². The van der Waals surface area contributed by atoms with Crippen molar-refractivity contribution in [3.05, 3.63) is 59.6 Å². The number of anilines is 2. The maximum Gasteiger partial charge on any atom is 0.241 e. The van der Waals surface area contributed by atoms with Crippen LogP contribution in [0.25, 0.3) is 0 Å². The van der Waals surface area contributed by atoms with Crippen molar-refractivity contribution in [1.29, 1.82) is 0 Å². The molecular weight excluding hydrogens is 362 g/mol. The maximum atomic E-state index is 12.6. The standard InChI is InChI=1S/C21H24ClN3O2/c1-15(20(26)24-19-11-5-8-17(22)13-19)25-12-6-7-16(14-25)21(27)23-18-9-3-2-4-10-18/h2-5,8-11,13,15-16H,6-7,12,14H2,1H3,(H,23,27)(H,24,26)/t15-,16+/m0/s1. The van der Waals surface area contributed by atoms with Gasteiger partial charge in [0.2, 0.25) is 11.8 Å². The summed E-state index contributed by atoms with van der Waals surface area (Å²) >= 11 is 5.97. The number of amides is 2. The summed E-state index contributed by atoms with van der Waals surface area (Å²) in [7, 11) is 0. The second-order valence-electron chi connectivity index (χ2n) is 6.86. The molecule has 27 heavy (non-hydrogen) atoms. The molecule has 0 unspecified atom stereocenters. The summed E-state index contributed by atoms with van der Waals surface area (Å²) in [6, 6.07) is 16.2. The van der Waals surface area contributed by atoms with Crippen LogP contribution >= 0.6 is 11.6 Å². The monoisotopic (exact) mass is 385 g/mol. The number of hydrogen-bond donors (Lipinski definition) is 2. The summed E-state index contributed by atoms with van der Waals surface area (Å²) < 4.78 is 0. The Labute approximate surface area is 164 Å². The number of carbonyl (C=O) groups excluding carboxylic acids is 2. The minimum Gasteiger partial charge on any atom is -0.326 e. The molecule has 1 fully saturated rings. The van der Waals surface area contributed by atoms with Crippen LogP contribution in [-0.2, 0) is 9.59 Å². The molecule has 142 valence electrons. The van der Waals surface area contributed by atoms with E-state index < -0.39 is 0 Å². The summed E-state index contributed by atoms with van der Waals surface area (Å²) in [5.41, 5.74) is 1.47. The lowest BCUT2D eigenvalue weighted by atomic mass is 9.95. The average molecular weight is 386 g/mol. The molecule has 1 aliphatic rings. The third-order valence-electron chi connectivity index (χ3n) is 4.88. The van der Waals surface area contributed by atoms with Gasteiger partial charge in [-0.05, 0) is 56.6 Å². The molecule has 0 spiro atoms. The number of likely N-dealkylation sites (tertiary alicyclic amines) is 1. The fourth-order valence-electron chi connectivity index (χ4n) is 3.32. The predicted octanol–water partition coefficient (Wildman–Crippen LogP) is 4.02.